The summed E-state index contributed by atoms with van der Waals surface area (Å²) in [5.74, 6) is 0.208. The first-order valence-electron chi connectivity index (χ1n) is 7.99. The second-order valence-electron chi connectivity index (χ2n) is 7.51. The van der Waals surface area contributed by atoms with E-state index in [9.17, 15) is 4.79 Å². The van der Waals surface area contributed by atoms with E-state index in [1.807, 2.05) is 0 Å². The first-order chi connectivity index (χ1) is 10.0. The molecule has 6 atom stereocenters. The fourth-order valence-corrected chi connectivity index (χ4v) is 5.46. The van der Waals surface area contributed by atoms with Gasteiger partial charge < -0.3 is 9.47 Å². The SMILES string of the molecule is CC1=CC[C@]23O[C@@]2(C)CC[C@@H]2[C@H](OC(=O)[C@]24CCN=N4)[C@@H]13. The van der Waals surface area contributed by atoms with Crippen molar-refractivity contribution in [3.05, 3.63) is 11.6 Å². The van der Waals surface area contributed by atoms with Crippen LogP contribution in [-0.4, -0.2) is 35.4 Å². The summed E-state index contributed by atoms with van der Waals surface area (Å²) in [4.78, 5) is 12.5. The summed E-state index contributed by atoms with van der Waals surface area (Å²) in [6.45, 7) is 5.02. The van der Waals surface area contributed by atoms with Gasteiger partial charge in [0.05, 0.1) is 12.1 Å². The van der Waals surface area contributed by atoms with E-state index in [1.54, 1.807) is 0 Å². The maximum atomic E-state index is 12.5. The Labute approximate surface area is 123 Å². The van der Waals surface area contributed by atoms with Crippen LogP contribution >= 0.6 is 0 Å². The fraction of sp³-hybridized carbons (Fsp3) is 0.812. The van der Waals surface area contributed by atoms with Crippen LogP contribution in [0.15, 0.2) is 21.9 Å². The zero-order valence-corrected chi connectivity index (χ0v) is 12.5. The predicted molar refractivity (Wildman–Crippen MR) is 73.8 cm³/mol. The van der Waals surface area contributed by atoms with Gasteiger partial charge in [-0.3, -0.25) is 0 Å². The summed E-state index contributed by atoms with van der Waals surface area (Å²) in [6, 6.07) is 0. The van der Waals surface area contributed by atoms with Crippen LogP contribution in [-0.2, 0) is 14.3 Å². The normalized spacial score (nSPS) is 56.6. The highest BCUT2D eigenvalue weighted by Crippen LogP contribution is 2.68. The Bertz CT molecular complexity index is 615. The topological polar surface area (TPSA) is 63.5 Å². The van der Waals surface area contributed by atoms with Crippen LogP contribution in [0, 0.1) is 11.8 Å². The second-order valence-corrected chi connectivity index (χ2v) is 7.51. The molecule has 5 heteroatoms. The second kappa shape index (κ2) is 3.40. The van der Waals surface area contributed by atoms with E-state index in [4.69, 9.17) is 9.47 Å². The predicted octanol–water partition coefficient (Wildman–Crippen LogP) is 2.41. The first-order valence-corrected chi connectivity index (χ1v) is 7.99. The Morgan fingerprint density at radius 3 is 3.00 bits per heavy atom. The van der Waals surface area contributed by atoms with Crippen molar-refractivity contribution in [3.63, 3.8) is 0 Å². The lowest BCUT2D eigenvalue weighted by Gasteiger charge is -2.29. The van der Waals surface area contributed by atoms with Crippen molar-refractivity contribution in [2.45, 2.75) is 62.4 Å². The highest BCUT2D eigenvalue weighted by Gasteiger charge is 2.77. The molecule has 1 saturated carbocycles. The molecule has 0 aromatic heterocycles. The molecule has 2 spiro atoms. The van der Waals surface area contributed by atoms with Crippen molar-refractivity contribution < 1.29 is 14.3 Å². The standard InChI is InChI=1S/C16H20N2O3/c1-9-3-6-16-11(9)12-10(4-5-14(16,2)21-16)15(13(19)20-12)7-8-17-18-15/h3,10-12H,4-8H2,1-2H3/t10-,11-,12+,14+,15+,16-/m1/s1. The van der Waals surface area contributed by atoms with Gasteiger partial charge in [0, 0.05) is 18.3 Å². The monoisotopic (exact) mass is 288 g/mol. The number of fused-ring (bicyclic) bond motifs is 3. The van der Waals surface area contributed by atoms with Gasteiger partial charge >= 0.3 is 5.97 Å². The third-order valence-electron chi connectivity index (χ3n) is 6.69. The first kappa shape index (κ1) is 12.3. The summed E-state index contributed by atoms with van der Waals surface area (Å²) in [6.07, 6.45) is 5.78. The molecule has 21 heavy (non-hydrogen) atoms. The Balaban J connectivity index is 1.62. The van der Waals surface area contributed by atoms with Gasteiger partial charge in [-0.1, -0.05) is 11.6 Å². The zero-order valence-electron chi connectivity index (χ0n) is 12.5. The number of ether oxygens (including phenoxy) is 2. The van der Waals surface area contributed by atoms with Crippen LogP contribution in [0.4, 0.5) is 0 Å². The number of hydrogen-bond donors (Lipinski definition) is 0. The highest BCUT2D eigenvalue weighted by atomic mass is 16.6. The minimum Gasteiger partial charge on any atom is -0.459 e. The largest absolute Gasteiger partial charge is 0.459 e. The van der Waals surface area contributed by atoms with Gasteiger partial charge in [0.2, 0.25) is 0 Å². The molecule has 2 aliphatic carbocycles. The molecule has 112 valence electrons. The summed E-state index contributed by atoms with van der Waals surface area (Å²) in [5, 5.41) is 8.48. The van der Waals surface area contributed by atoms with Gasteiger partial charge in [0.25, 0.3) is 0 Å². The van der Waals surface area contributed by atoms with Gasteiger partial charge in [0.1, 0.15) is 11.7 Å². The van der Waals surface area contributed by atoms with Gasteiger partial charge in [-0.05, 0) is 33.1 Å². The van der Waals surface area contributed by atoms with Crippen LogP contribution in [0.2, 0.25) is 0 Å². The number of carbonyl (C=O) groups excluding carboxylic acids is 1. The van der Waals surface area contributed by atoms with Crippen LogP contribution in [0.25, 0.3) is 0 Å². The van der Waals surface area contributed by atoms with Crippen LogP contribution < -0.4 is 0 Å². The Hall–Kier alpha value is -1.23. The molecule has 0 bridgehead atoms. The number of carbonyl (C=O) groups is 1. The number of nitrogens with zero attached hydrogens (tertiary/aromatic N) is 2. The number of epoxide rings is 1. The molecular formula is C16H20N2O3. The molecule has 0 radical (unpaired) electrons. The van der Waals surface area contributed by atoms with Crippen molar-refractivity contribution >= 4 is 5.97 Å². The Morgan fingerprint density at radius 2 is 2.24 bits per heavy atom. The third kappa shape index (κ3) is 1.18. The van der Waals surface area contributed by atoms with Gasteiger partial charge in [0.15, 0.2) is 5.54 Å². The number of hydrogen-bond acceptors (Lipinski definition) is 5. The van der Waals surface area contributed by atoms with E-state index in [2.05, 4.69) is 30.2 Å². The number of azo groups is 1. The molecule has 5 aliphatic rings. The van der Waals surface area contributed by atoms with Gasteiger partial charge in [-0.15, -0.1) is 0 Å². The molecule has 0 aromatic carbocycles. The third-order valence-corrected chi connectivity index (χ3v) is 6.69. The van der Waals surface area contributed by atoms with E-state index in [0.717, 1.165) is 19.3 Å². The van der Waals surface area contributed by atoms with Crippen LogP contribution in [0.3, 0.4) is 0 Å². The van der Waals surface area contributed by atoms with Gasteiger partial charge in [-0.25, -0.2) is 4.79 Å². The smallest absolute Gasteiger partial charge is 0.336 e. The average molecular weight is 288 g/mol. The van der Waals surface area contributed by atoms with Crippen LogP contribution in [0.5, 0.6) is 0 Å². The summed E-state index contributed by atoms with van der Waals surface area (Å²) < 4.78 is 12.1. The Kier molecular flexibility index (Phi) is 1.99. The maximum Gasteiger partial charge on any atom is 0.336 e. The van der Waals surface area contributed by atoms with Crippen molar-refractivity contribution in [1.29, 1.82) is 0 Å². The average Bonchev–Trinajstić information content (AvgIpc) is 2.80. The van der Waals surface area contributed by atoms with Crippen LogP contribution in [0.1, 0.15) is 39.5 Å². The lowest BCUT2D eigenvalue weighted by atomic mass is 9.74. The van der Waals surface area contributed by atoms with E-state index in [-0.39, 0.29) is 35.1 Å². The molecule has 5 rings (SSSR count). The zero-order chi connectivity index (χ0) is 14.5. The molecule has 5 nitrogen and oxygen atoms in total. The fourth-order valence-electron chi connectivity index (χ4n) is 5.46. The summed E-state index contributed by atoms with van der Waals surface area (Å²) in [7, 11) is 0. The molecule has 3 fully saturated rings. The van der Waals surface area contributed by atoms with Crippen molar-refractivity contribution in [1.82, 2.24) is 0 Å². The number of rotatable bonds is 0. The summed E-state index contributed by atoms with van der Waals surface area (Å²) >= 11 is 0. The van der Waals surface area contributed by atoms with Crippen molar-refractivity contribution in [3.8, 4) is 0 Å². The van der Waals surface area contributed by atoms with Gasteiger partial charge in [-0.2, -0.15) is 10.2 Å². The van der Waals surface area contributed by atoms with E-state index in [0.29, 0.717) is 13.0 Å². The molecule has 0 N–H and O–H groups in total. The van der Waals surface area contributed by atoms with Crippen molar-refractivity contribution in [2.24, 2.45) is 22.1 Å². The van der Waals surface area contributed by atoms with E-state index >= 15 is 0 Å². The van der Waals surface area contributed by atoms with Crippen molar-refractivity contribution in [2.75, 3.05) is 6.54 Å². The molecule has 2 saturated heterocycles. The molecule has 3 heterocycles. The van der Waals surface area contributed by atoms with E-state index < -0.39 is 5.54 Å². The molecule has 0 amide bonds. The quantitative estimate of drug-likeness (QED) is 0.390. The van der Waals surface area contributed by atoms with E-state index in [1.165, 1.54) is 5.57 Å². The maximum absolute atomic E-state index is 12.5. The minimum absolute atomic E-state index is 0.0559. The lowest BCUT2D eigenvalue weighted by Crippen LogP contribution is -2.41. The minimum atomic E-state index is -0.693. The lowest BCUT2D eigenvalue weighted by molar-refractivity contribution is -0.146. The highest BCUT2D eigenvalue weighted by molar-refractivity contribution is 5.84. The Morgan fingerprint density at radius 1 is 1.38 bits per heavy atom. The molecular weight excluding hydrogens is 268 g/mol. The molecule has 0 unspecified atom stereocenters. The summed E-state index contributed by atoms with van der Waals surface area (Å²) in [5.41, 5.74) is 0.440. The molecule has 0 aromatic rings. The molecule has 3 aliphatic heterocycles. The number of esters is 1.